The molecule has 1 aliphatic rings. The molecule has 0 aromatic carbocycles. The standard InChI is InChI=1S/C16H27N5O/c1-4-6-7-15(22)21-10-8-20(9-11-21)14-12-13(3)18-16(19-14)17-5-2/h12H,4-11H2,1-3H3,(H,17,18,19). The summed E-state index contributed by atoms with van der Waals surface area (Å²) in [5, 5.41) is 3.16. The normalized spacial score (nSPS) is 15.0. The number of nitrogens with zero attached hydrogens (tertiary/aromatic N) is 4. The van der Waals surface area contributed by atoms with Crippen molar-refractivity contribution in [3.63, 3.8) is 0 Å². The Labute approximate surface area is 132 Å². The van der Waals surface area contributed by atoms with Crippen LogP contribution in [0.25, 0.3) is 0 Å². The molecule has 0 spiro atoms. The second-order valence-corrected chi connectivity index (χ2v) is 5.69. The first kappa shape index (κ1) is 16.5. The molecule has 6 heteroatoms. The summed E-state index contributed by atoms with van der Waals surface area (Å²) in [5.41, 5.74) is 0.961. The van der Waals surface area contributed by atoms with Crippen molar-refractivity contribution in [2.45, 2.75) is 40.0 Å². The van der Waals surface area contributed by atoms with E-state index in [0.29, 0.717) is 12.4 Å². The lowest BCUT2D eigenvalue weighted by Gasteiger charge is -2.35. The molecule has 1 aromatic rings. The van der Waals surface area contributed by atoms with Crippen molar-refractivity contribution in [2.75, 3.05) is 42.9 Å². The molecule has 2 heterocycles. The van der Waals surface area contributed by atoms with E-state index in [-0.39, 0.29) is 5.91 Å². The topological polar surface area (TPSA) is 61.4 Å². The van der Waals surface area contributed by atoms with Gasteiger partial charge >= 0.3 is 0 Å². The number of piperazine rings is 1. The number of amides is 1. The first-order valence-electron chi connectivity index (χ1n) is 8.26. The molecule has 0 saturated carbocycles. The molecule has 0 radical (unpaired) electrons. The monoisotopic (exact) mass is 305 g/mol. The summed E-state index contributed by atoms with van der Waals surface area (Å²) in [6.07, 6.45) is 2.73. The molecule has 1 aromatic heterocycles. The number of anilines is 2. The maximum absolute atomic E-state index is 12.1. The molecule has 2 rings (SSSR count). The molecule has 1 N–H and O–H groups in total. The van der Waals surface area contributed by atoms with Crippen LogP contribution in [0.3, 0.4) is 0 Å². The molecule has 0 bridgehead atoms. The fraction of sp³-hybridized carbons (Fsp3) is 0.688. The fourth-order valence-corrected chi connectivity index (χ4v) is 2.62. The highest BCUT2D eigenvalue weighted by Gasteiger charge is 2.21. The van der Waals surface area contributed by atoms with Crippen LogP contribution in [0.5, 0.6) is 0 Å². The number of hydrogen-bond donors (Lipinski definition) is 1. The first-order chi connectivity index (χ1) is 10.6. The summed E-state index contributed by atoms with van der Waals surface area (Å²) in [6.45, 7) is 10.2. The van der Waals surface area contributed by atoms with Crippen LogP contribution in [0.15, 0.2) is 6.07 Å². The van der Waals surface area contributed by atoms with E-state index in [4.69, 9.17) is 0 Å². The van der Waals surface area contributed by atoms with Gasteiger partial charge in [0.25, 0.3) is 0 Å². The van der Waals surface area contributed by atoms with Crippen LogP contribution in [0.2, 0.25) is 0 Å². The molecule has 1 saturated heterocycles. The van der Waals surface area contributed by atoms with Gasteiger partial charge in [0.1, 0.15) is 5.82 Å². The average Bonchev–Trinajstić information content (AvgIpc) is 2.52. The van der Waals surface area contributed by atoms with E-state index in [1.54, 1.807) is 0 Å². The van der Waals surface area contributed by atoms with Gasteiger partial charge in [-0.2, -0.15) is 4.98 Å². The van der Waals surface area contributed by atoms with Crippen molar-refractivity contribution in [2.24, 2.45) is 0 Å². The van der Waals surface area contributed by atoms with Crippen LogP contribution >= 0.6 is 0 Å². The van der Waals surface area contributed by atoms with Crippen molar-refractivity contribution in [3.05, 3.63) is 11.8 Å². The number of carbonyl (C=O) groups excluding carboxylic acids is 1. The molecule has 1 fully saturated rings. The van der Waals surface area contributed by atoms with Gasteiger partial charge in [-0.25, -0.2) is 4.98 Å². The number of unbranched alkanes of at least 4 members (excludes halogenated alkanes) is 1. The van der Waals surface area contributed by atoms with Gasteiger partial charge in [-0.3, -0.25) is 4.79 Å². The lowest BCUT2D eigenvalue weighted by Crippen LogP contribution is -2.49. The Morgan fingerprint density at radius 3 is 2.59 bits per heavy atom. The van der Waals surface area contributed by atoms with Gasteiger partial charge in [0, 0.05) is 50.9 Å². The molecule has 0 atom stereocenters. The Hall–Kier alpha value is -1.85. The second kappa shape index (κ2) is 7.96. The second-order valence-electron chi connectivity index (χ2n) is 5.69. The van der Waals surface area contributed by atoms with Crippen LogP contribution in [0, 0.1) is 6.92 Å². The lowest BCUT2D eigenvalue weighted by atomic mass is 10.2. The maximum atomic E-state index is 12.1. The van der Waals surface area contributed by atoms with Gasteiger partial charge in [0.05, 0.1) is 0 Å². The van der Waals surface area contributed by atoms with Gasteiger partial charge in [-0.05, 0) is 20.3 Å². The summed E-state index contributed by atoms with van der Waals surface area (Å²) in [5.74, 6) is 1.91. The first-order valence-corrected chi connectivity index (χ1v) is 8.26. The molecule has 6 nitrogen and oxygen atoms in total. The third kappa shape index (κ3) is 4.32. The van der Waals surface area contributed by atoms with Gasteiger partial charge in [0.15, 0.2) is 0 Å². The number of nitrogens with one attached hydrogen (secondary N) is 1. The zero-order valence-electron chi connectivity index (χ0n) is 13.9. The van der Waals surface area contributed by atoms with Gasteiger partial charge in [-0.15, -0.1) is 0 Å². The zero-order chi connectivity index (χ0) is 15.9. The average molecular weight is 305 g/mol. The summed E-state index contributed by atoms with van der Waals surface area (Å²) < 4.78 is 0. The minimum atomic E-state index is 0.286. The van der Waals surface area contributed by atoms with Crippen LogP contribution in [0.1, 0.15) is 38.8 Å². The Kier molecular flexibility index (Phi) is 5.98. The Bertz CT molecular complexity index is 497. The van der Waals surface area contributed by atoms with Gasteiger partial charge in [-0.1, -0.05) is 13.3 Å². The molecule has 22 heavy (non-hydrogen) atoms. The molecule has 0 aliphatic carbocycles. The minimum absolute atomic E-state index is 0.286. The summed E-state index contributed by atoms with van der Waals surface area (Å²) in [4.78, 5) is 25.2. The Balaban J connectivity index is 1.95. The predicted octanol–water partition coefficient (Wildman–Crippen LogP) is 2.06. The van der Waals surface area contributed by atoms with E-state index in [1.165, 1.54) is 0 Å². The van der Waals surface area contributed by atoms with E-state index in [9.17, 15) is 4.79 Å². The Morgan fingerprint density at radius 2 is 1.95 bits per heavy atom. The van der Waals surface area contributed by atoms with Crippen LogP contribution in [-0.2, 0) is 4.79 Å². The molecule has 0 unspecified atom stereocenters. The summed E-state index contributed by atoms with van der Waals surface area (Å²) >= 11 is 0. The quantitative estimate of drug-likeness (QED) is 0.871. The lowest BCUT2D eigenvalue weighted by molar-refractivity contribution is -0.131. The smallest absolute Gasteiger partial charge is 0.224 e. The van der Waals surface area contributed by atoms with Crippen molar-refractivity contribution >= 4 is 17.7 Å². The van der Waals surface area contributed by atoms with E-state index in [2.05, 4.69) is 27.1 Å². The minimum Gasteiger partial charge on any atom is -0.354 e. The summed E-state index contributed by atoms with van der Waals surface area (Å²) in [6, 6.07) is 2.01. The third-order valence-electron chi connectivity index (χ3n) is 3.88. The number of aryl methyl sites for hydroxylation is 1. The maximum Gasteiger partial charge on any atom is 0.224 e. The fourth-order valence-electron chi connectivity index (χ4n) is 2.62. The molecule has 1 amide bonds. The number of hydrogen-bond acceptors (Lipinski definition) is 5. The van der Waals surface area contributed by atoms with E-state index >= 15 is 0 Å². The zero-order valence-corrected chi connectivity index (χ0v) is 13.9. The van der Waals surface area contributed by atoms with Crippen molar-refractivity contribution in [1.82, 2.24) is 14.9 Å². The Morgan fingerprint density at radius 1 is 1.23 bits per heavy atom. The highest BCUT2D eigenvalue weighted by atomic mass is 16.2. The van der Waals surface area contributed by atoms with Crippen LogP contribution in [0.4, 0.5) is 11.8 Å². The number of rotatable bonds is 6. The third-order valence-corrected chi connectivity index (χ3v) is 3.88. The molecule has 122 valence electrons. The highest BCUT2D eigenvalue weighted by Crippen LogP contribution is 2.17. The SMILES string of the molecule is CCCCC(=O)N1CCN(c2cc(C)nc(NCC)n2)CC1. The molecular formula is C16H27N5O. The van der Waals surface area contributed by atoms with E-state index in [0.717, 1.165) is 57.1 Å². The van der Waals surface area contributed by atoms with Crippen molar-refractivity contribution in [3.8, 4) is 0 Å². The number of carbonyl (C=O) groups is 1. The van der Waals surface area contributed by atoms with E-state index < -0.39 is 0 Å². The van der Waals surface area contributed by atoms with Crippen molar-refractivity contribution < 1.29 is 4.79 Å². The highest BCUT2D eigenvalue weighted by molar-refractivity contribution is 5.76. The predicted molar refractivity (Wildman–Crippen MR) is 89.3 cm³/mol. The van der Waals surface area contributed by atoms with Gasteiger partial charge < -0.3 is 15.1 Å². The molecular weight excluding hydrogens is 278 g/mol. The van der Waals surface area contributed by atoms with Crippen LogP contribution in [-0.4, -0.2) is 53.5 Å². The largest absolute Gasteiger partial charge is 0.354 e. The van der Waals surface area contributed by atoms with E-state index in [1.807, 2.05) is 24.8 Å². The number of aromatic nitrogens is 2. The van der Waals surface area contributed by atoms with Crippen molar-refractivity contribution in [1.29, 1.82) is 0 Å². The van der Waals surface area contributed by atoms with Crippen LogP contribution < -0.4 is 10.2 Å². The van der Waals surface area contributed by atoms with Gasteiger partial charge in [0.2, 0.25) is 11.9 Å². The molecule has 1 aliphatic heterocycles. The summed E-state index contributed by atoms with van der Waals surface area (Å²) in [7, 11) is 0.